The lowest BCUT2D eigenvalue weighted by Gasteiger charge is -2.30. The summed E-state index contributed by atoms with van der Waals surface area (Å²) in [6, 6.07) is 19.5. The summed E-state index contributed by atoms with van der Waals surface area (Å²) in [5.41, 5.74) is 1.59. The Morgan fingerprint density at radius 1 is 0.935 bits per heavy atom. The molecule has 4 aromatic rings. The van der Waals surface area contributed by atoms with E-state index in [2.05, 4.69) is 21.1 Å². The van der Waals surface area contributed by atoms with E-state index in [4.69, 9.17) is 14.7 Å². The predicted octanol–water partition coefficient (Wildman–Crippen LogP) is 5.49. The average molecular weight is 413 g/mol. The summed E-state index contributed by atoms with van der Waals surface area (Å²) in [5.74, 6) is 2.72. The van der Waals surface area contributed by atoms with Crippen LogP contribution in [0.15, 0.2) is 73.2 Å². The van der Waals surface area contributed by atoms with Crippen molar-refractivity contribution >= 4 is 11.0 Å². The van der Waals surface area contributed by atoms with Crippen LogP contribution in [0.5, 0.6) is 23.1 Å². The van der Waals surface area contributed by atoms with Gasteiger partial charge in [-0.05, 0) is 61.7 Å². The van der Waals surface area contributed by atoms with Gasteiger partial charge in [-0.3, -0.25) is 0 Å². The fourth-order valence-electron chi connectivity index (χ4n) is 3.09. The van der Waals surface area contributed by atoms with E-state index in [0.717, 1.165) is 22.5 Å². The number of nitrogens with one attached hydrogen (secondary N) is 1. The molecular formula is C24H23N5O2. The first kappa shape index (κ1) is 20.2. The third kappa shape index (κ3) is 5.11. The fourth-order valence-corrected chi connectivity index (χ4v) is 3.09. The van der Waals surface area contributed by atoms with Crippen LogP contribution in [0.1, 0.15) is 19.3 Å². The van der Waals surface area contributed by atoms with E-state index >= 15 is 0 Å². The van der Waals surface area contributed by atoms with Gasteiger partial charge in [-0.15, -0.1) is 0 Å². The van der Waals surface area contributed by atoms with Crippen LogP contribution >= 0.6 is 0 Å². The van der Waals surface area contributed by atoms with Gasteiger partial charge in [0.25, 0.3) is 0 Å². The SMILES string of the molecule is CN(C#N)C1CCC1.c1ccc(Oc2ccc(Oc3ncnc4cc[nH]c34)cc2)cc1. The number of nitrogens with zero attached hydrogens (tertiary/aromatic N) is 4. The van der Waals surface area contributed by atoms with Crippen molar-refractivity contribution in [2.24, 2.45) is 0 Å². The topological polar surface area (TPSA) is 87.1 Å². The molecule has 1 aliphatic carbocycles. The molecule has 2 heterocycles. The number of ether oxygens (including phenoxy) is 2. The van der Waals surface area contributed by atoms with Gasteiger partial charge in [0, 0.05) is 19.3 Å². The van der Waals surface area contributed by atoms with E-state index in [1.54, 1.807) is 4.90 Å². The molecule has 0 aliphatic heterocycles. The summed E-state index contributed by atoms with van der Waals surface area (Å²) >= 11 is 0. The third-order valence-corrected chi connectivity index (χ3v) is 5.11. The van der Waals surface area contributed by atoms with Crippen LogP contribution in [0.2, 0.25) is 0 Å². The summed E-state index contributed by atoms with van der Waals surface area (Å²) in [7, 11) is 1.85. The molecule has 1 aliphatic rings. The Labute approximate surface area is 180 Å². The summed E-state index contributed by atoms with van der Waals surface area (Å²) in [5, 5.41) is 8.35. The van der Waals surface area contributed by atoms with E-state index in [1.165, 1.54) is 25.6 Å². The molecular weight excluding hydrogens is 390 g/mol. The molecule has 7 nitrogen and oxygen atoms in total. The molecule has 0 saturated heterocycles. The number of aromatic amines is 1. The summed E-state index contributed by atoms with van der Waals surface area (Å²) in [6.45, 7) is 0. The van der Waals surface area contributed by atoms with Crippen LogP contribution in [0.25, 0.3) is 11.0 Å². The van der Waals surface area contributed by atoms with Gasteiger partial charge in [0.2, 0.25) is 5.88 Å². The molecule has 5 rings (SSSR count). The standard InChI is InChI=1S/C18H13N3O2.C6H10N2/c1-2-4-13(5-3-1)22-14-6-8-15(9-7-14)23-18-17-16(10-11-19-17)20-12-21-18;1-8(5-7)6-3-2-4-6/h1-12,19H;6H,2-4H2,1H3. The molecule has 31 heavy (non-hydrogen) atoms. The van der Waals surface area contributed by atoms with Crippen LogP contribution in [0.4, 0.5) is 0 Å². The minimum Gasteiger partial charge on any atom is -0.457 e. The summed E-state index contributed by atoms with van der Waals surface area (Å²) in [6.07, 6.45) is 9.12. The highest BCUT2D eigenvalue weighted by atomic mass is 16.5. The molecule has 0 spiro atoms. The smallest absolute Gasteiger partial charge is 0.247 e. The van der Waals surface area contributed by atoms with Gasteiger partial charge in [-0.1, -0.05) is 18.2 Å². The molecule has 2 aromatic heterocycles. The zero-order chi connectivity index (χ0) is 21.5. The van der Waals surface area contributed by atoms with Gasteiger partial charge in [-0.2, -0.15) is 10.2 Å². The number of nitriles is 1. The highest BCUT2D eigenvalue weighted by Gasteiger charge is 2.20. The van der Waals surface area contributed by atoms with Crippen LogP contribution in [0, 0.1) is 11.5 Å². The van der Waals surface area contributed by atoms with Gasteiger partial charge in [0.05, 0.1) is 5.52 Å². The molecule has 1 fully saturated rings. The highest BCUT2D eigenvalue weighted by Crippen LogP contribution is 2.28. The monoisotopic (exact) mass is 413 g/mol. The molecule has 2 aromatic carbocycles. The van der Waals surface area contributed by atoms with Crippen LogP contribution in [-0.2, 0) is 0 Å². The number of aromatic nitrogens is 3. The van der Waals surface area contributed by atoms with Crippen molar-refractivity contribution in [3.8, 4) is 29.3 Å². The number of benzene rings is 2. The third-order valence-electron chi connectivity index (χ3n) is 5.11. The maximum atomic E-state index is 8.35. The van der Waals surface area contributed by atoms with Gasteiger partial charge < -0.3 is 19.4 Å². The zero-order valence-electron chi connectivity index (χ0n) is 17.2. The largest absolute Gasteiger partial charge is 0.457 e. The summed E-state index contributed by atoms with van der Waals surface area (Å²) in [4.78, 5) is 13.1. The fraction of sp³-hybridized carbons (Fsp3) is 0.208. The second-order valence-electron chi connectivity index (χ2n) is 7.20. The van der Waals surface area contributed by atoms with Crippen LogP contribution in [-0.4, -0.2) is 32.9 Å². The van der Waals surface area contributed by atoms with E-state index in [9.17, 15) is 0 Å². The number of H-pyrrole nitrogens is 1. The maximum absolute atomic E-state index is 8.35. The van der Waals surface area contributed by atoms with Gasteiger partial charge >= 0.3 is 0 Å². The first-order valence-electron chi connectivity index (χ1n) is 10.1. The predicted molar refractivity (Wildman–Crippen MR) is 118 cm³/mol. The Hall–Kier alpha value is -4.05. The molecule has 0 unspecified atom stereocenters. The Kier molecular flexibility index (Phi) is 6.29. The molecule has 0 bridgehead atoms. The van der Waals surface area contributed by atoms with Crippen molar-refractivity contribution in [2.45, 2.75) is 25.3 Å². The maximum Gasteiger partial charge on any atom is 0.247 e. The Bertz CT molecular complexity index is 1150. The van der Waals surface area contributed by atoms with E-state index in [1.807, 2.05) is 73.9 Å². The molecule has 7 heteroatoms. The second-order valence-corrected chi connectivity index (χ2v) is 7.20. The van der Waals surface area contributed by atoms with E-state index in [-0.39, 0.29) is 0 Å². The number of hydrogen-bond acceptors (Lipinski definition) is 6. The van der Waals surface area contributed by atoms with Crippen molar-refractivity contribution in [1.29, 1.82) is 5.26 Å². The lowest BCUT2D eigenvalue weighted by Crippen LogP contribution is -2.33. The molecule has 1 N–H and O–H groups in total. The normalized spacial score (nSPS) is 12.8. The quantitative estimate of drug-likeness (QED) is 0.344. The highest BCUT2D eigenvalue weighted by molar-refractivity contribution is 5.79. The van der Waals surface area contributed by atoms with Crippen LogP contribution in [0.3, 0.4) is 0 Å². The first-order valence-corrected chi connectivity index (χ1v) is 10.1. The molecule has 0 radical (unpaired) electrons. The van der Waals surface area contributed by atoms with Crippen molar-refractivity contribution in [1.82, 2.24) is 19.9 Å². The zero-order valence-corrected chi connectivity index (χ0v) is 17.2. The number of rotatable bonds is 5. The van der Waals surface area contributed by atoms with Crippen molar-refractivity contribution < 1.29 is 9.47 Å². The van der Waals surface area contributed by atoms with Gasteiger partial charge in [0.1, 0.15) is 29.1 Å². The number of hydrogen-bond donors (Lipinski definition) is 1. The second kappa shape index (κ2) is 9.63. The Balaban J connectivity index is 0.000000245. The minimum atomic E-state index is 0.497. The number of para-hydroxylation sites is 1. The molecule has 0 atom stereocenters. The molecule has 1 saturated carbocycles. The van der Waals surface area contributed by atoms with Crippen molar-refractivity contribution in [2.75, 3.05) is 7.05 Å². The van der Waals surface area contributed by atoms with Crippen LogP contribution < -0.4 is 9.47 Å². The van der Waals surface area contributed by atoms with Crippen molar-refractivity contribution in [3.63, 3.8) is 0 Å². The lowest BCUT2D eigenvalue weighted by atomic mass is 9.92. The average Bonchev–Trinajstić information content (AvgIpc) is 3.25. The number of fused-ring (bicyclic) bond motifs is 1. The Morgan fingerprint density at radius 2 is 1.61 bits per heavy atom. The van der Waals surface area contributed by atoms with Crippen molar-refractivity contribution in [3.05, 3.63) is 73.2 Å². The molecule has 0 amide bonds. The van der Waals surface area contributed by atoms with E-state index in [0.29, 0.717) is 17.7 Å². The van der Waals surface area contributed by atoms with E-state index < -0.39 is 0 Å². The first-order chi connectivity index (χ1) is 15.2. The van der Waals surface area contributed by atoms with Gasteiger partial charge in [-0.25, -0.2) is 4.98 Å². The summed E-state index contributed by atoms with van der Waals surface area (Å²) < 4.78 is 11.6. The minimum absolute atomic E-state index is 0.497. The Morgan fingerprint density at radius 3 is 2.23 bits per heavy atom. The molecule has 156 valence electrons. The van der Waals surface area contributed by atoms with Gasteiger partial charge in [0.15, 0.2) is 6.19 Å². The lowest BCUT2D eigenvalue weighted by molar-refractivity contribution is 0.226.